The van der Waals surface area contributed by atoms with Crippen LogP contribution in [0.25, 0.3) is 11.0 Å². The largest absolute Gasteiger partial charge is 0.507 e. The number of amides is 1. The third kappa shape index (κ3) is 4.70. The Labute approximate surface area is 207 Å². The lowest BCUT2D eigenvalue weighted by Crippen LogP contribution is -2.28. The van der Waals surface area contributed by atoms with Crippen molar-refractivity contribution in [2.24, 2.45) is 0 Å². The van der Waals surface area contributed by atoms with Crippen LogP contribution in [0.1, 0.15) is 29.0 Å². The Morgan fingerprint density at radius 2 is 1.83 bits per heavy atom. The van der Waals surface area contributed by atoms with E-state index in [-0.39, 0.29) is 36.0 Å². The predicted octanol–water partition coefficient (Wildman–Crippen LogP) is 4.12. The molecule has 8 nitrogen and oxygen atoms in total. The fourth-order valence-corrected chi connectivity index (χ4v) is 4.37. The zero-order valence-electron chi connectivity index (χ0n) is 19.7. The summed E-state index contributed by atoms with van der Waals surface area (Å²) in [6.45, 7) is 0.510. The second kappa shape index (κ2) is 10.0. The molecule has 2 N–H and O–H groups in total. The maximum atomic E-state index is 13.0. The highest BCUT2D eigenvalue weighted by molar-refractivity contribution is 5.85. The van der Waals surface area contributed by atoms with Gasteiger partial charge in [0.25, 0.3) is 0 Å². The first-order valence-electron chi connectivity index (χ1n) is 11.6. The van der Waals surface area contributed by atoms with E-state index in [1.165, 1.54) is 0 Å². The second-order valence-electron chi connectivity index (χ2n) is 8.47. The Balaban J connectivity index is 1.41. The topological polar surface area (TPSA) is 107 Å². The molecule has 0 radical (unpaired) electrons. The third-order valence-electron chi connectivity index (χ3n) is 6.25. The van der Waals surface area contributed by atoms with E-state index >= 15 is 0 Å². The predicted molar refractivity (Wildman–Crippen MR) is 133 cm³/mol. The lowest BCUT2D eigenvalue weighted by Gasteiger charge is -2.19. The standard InChI is InChI=1S/C28H25NO7/c1-33-19-9-6-17(7-10-19)12-13-29-25(30)15-21(18-8-11-23-24(14-18)35-16-34-23)26-27(31)20-4-2-3-5-22(20)36-28(26)32/h2-11,14,21,31H,12-13,15-16H2,1H3,(H,29,30). The van der Waals surface area contributed by atoms with E-state index in [1.54, 1.807) is 49.6 Å². The normalized spacial score (nSPS) is 12.9. The van der Waals surface area contributed by atoms with Crippen molar-refractivity contribution in [2.75, 3.05) is 20.4 Å². The molecule has 36 heavy (non-hydrogen) atoms. The Kier molecular flexibility index (Phi) is 6.49. The SMILES string of the molecule is COc1ccc(CCNC(=O)CC(c2ccc3c(c2)OCO3)c2c(O)c3ccccc3oc2=O)cc1. The average molecular weight is 488 g/mol. The second-order valence-corrected chi connectivity index (χ2v) is 8.47. The van der Waals surface area contributed by atoms with Crippen LogP contribution < -0.4 is 25.2 Å². The molecule has 3 aromatic carbocycles. The summed E-state index contributed by atoms with van der Waals surface area (Å²) in [6, 6.07) is 19.6. The molecule has 1 aliphatic heterocycles. The zero-order valence-corrected chi connectivity index (χ0v) is 19.7. The van der Waals surface area contributed by atoms with Gasteiger partial charge in [-0.05, 0) is 53.9 Å². The lowest BCUT2D eigenvalue weighted by atomic mass is 9.87. The Morgan fingerprint density at radius 3 is 2.64 bits per heavy atom. The average Bonchev–Trinajstić information content (AvgIpc) is 3.36. The zero-order chi connectivity index (χ0) is 25.1. The van der Waals surface area contributed by atoms with Crippen LogP contribution in [0.5, 0.6) is 23.0 Å². The van der Waals surface area contributed by atoms with E-state index in [0.29, 0.717) is 35.4 Å². The Hall–Kier alpha value is -4.46. The first kappa shape index (κ1) is 23.3. The number of rotatable bonds is 8. The van der Waals surface area contributed by atoms with Crippen LogP contribution in [0, 0.1) is 0 Å². The molecule has 0 aliphatic carbocycles. The summed E-state index contributed by atoms with van der Waals surface area (Å²) in [6.07, 6.45) is 0.562. The molecule has 0 fully saturated rings. The van der Waals surface area contributed by atoms with Crippen molar-refractivity contribution in [2.45, 2.75) is 18.8 Å². The summed E-state index contributed by atoms with van der Waals surface area (Å²) in [5, 5.41) is 14.4. The van der Waals surface area contributed by atoms with Gasteiger partial charge < -0.3 is 29.1 Å². The Bertz CT molecular complexity index is 1460. The van der Waals surface area contributed by atoms with Crippen LogP contribution in [0.15, 0.2) is 75.9 Å². The van der Waals surface area contributed by atoms with Crippen molar-refractivity contribution in [3.63, 3.8) is 0 Å². The van der Waals surface area contributed by atoms with Gasteiger partial charge >= 0.3 is 5.63 Å². The van der Waals surface area contributed by atoms with E-state index in [0.717, 1.165) is 11.3 Å². The molecule has 1 amide bonds. The number of hydrogen-bond donors (Lipinski definition) is 2. The molecule has 1 aromatic heterocycles. The summed E-state index contributed by atoms with van der Waals surface area (Å²) in [7, 11) is 1.61. The van der Waals surface area contributed by atoms with E-state index in [9.17, 15) is 14.7 Å². The van der Waals surface area contributed by atoms with Gasteiger partial charge in [-0.3, -0.25) is 4.79 Å². The molecule has 4 aromatic rings. The smallest absolute Gasteiger partial charge is 0.343 e. The van der Waals surface area contributed by atoms with E-state index < -0.39 is 11.5 Å². The molecule has 0 saturated carbocycles. The highest BCUT2D eigenvalue weighted by atomic mass is 16.7. The van der Waals surface area contributed by atoms with Gasteiger partial charge in [0.05, 0.1) is 18.1 Å². The number of aromatic hydroxyl groups is 1. The highest BCUT2D eigenvalue weighted by Crippen LogP contribution is 2.40. The quantitative estimate of drug-likeness (QED) is 0.360. The number of carbonyl (C=O) groups excluding carboxylic acids is 1. The lowest BCUT2D eigenvalue weighted by molar-refractivity contribution is -0.121. The van der Waals surface area contributed by atoms with Gasteiger partial charge in [-0.15, -0.1) is 0 Å². The minimum atomic E-state index is -0.763. The molecule has 1 unspecified atom stereocenters. The van der Waals surface area contributed by atoms with Gasteiger partial charge in [-0.2, -0.15) is 0 Å². The molecule has 0 bridgehead atoms. The van der Waals surface area contributed by atoms with Crippen LogP contribution in [0.4, 0.5) is 0 Å². The van der Waals surface area contributed by atoms with Crippen LogP contribution >= 0.6 is 0 Å². The van der Waals surface area contributed by atoms with Gasteiger partial charge in [-0.25, -0.2) is 4.79 Å². The summed E-state index contributed by atoms with van der Waals surface area (Å²) in [5.41, 5.74) is 1.29. The molecular formula is C28H25NO7. The van der Waals surface area contributed by atoms with Crippen LogP contribution in [-0.2, 0) is 11.2 Å². The minimum absolute atomic E-state index is 0.0258. The van der Waals surface area contributed by atoms with Gasteiger partial charge in [0, 0.05) is 18.9 Å². The number of nitrogens with one attached hydrogen (secondary N) is 1. The van der Waals surface area contributed by atoms with E-state index in [2.05, 4.69) is 5.32 Å². The number of para-hydroxylation sites is 1. The number of fused-ring (bicyclic) bond motifs is 2. The summed E-state index contributed by atoms with van der Waals surface area (Å²) in [5.74, 6) is 0.636. The molecule has 5 rings (SSSR count). The molecule has 1 atom stereocenters. The molecule has 0 spiro atoms. The first-order chi connectivity index (χ1) is 17.5. The van der Waals surface area contributed by atoms with Gasteiger partial charge in [-0.1, -0.05) is 30.3 Å². The van der Waals surface area contributed by atoms with Gasteiger partial charge in [0.15, 0.2) is 11.5 Å². The van der Waals surface area contributed by atoms with E-state index in [1.807, 2.05) is 24.3 Å². The van der Waals surface area contributed by atoms with Crippen molar-refractivity contribution in [3.8, 4) is 23.0 Å². The fourth-order valence-electron chi connectivity index (χ4n) is 4.37. The Morgan fingerprint density at radius 1 is 1.06 bits per heavy atom. The monoisotopic (exact) mass is 487 g/mol. The number of carbonyl (C=O) groups is 1. The minimum Gasteiger partial charge on any atom is -0.507 e. The van der Waals surface area contributed by atoms with Crippen molar-refractivity contribution in [3.05, 3.63) is 93.8 Å². The van der Waals surface area contributed by atoms with Gasteiger partial charge in [0.1, 0.15) is 17.1 Å². The number of methoxy groups -OCH3 is 1. The molecule has 8 heteroatoms. The maximum absolute atomic E-state index is 13.0. The first-order valence-corrected chi connectivity index (χ1v) is 11.6. The summed E-state index contributed by atoms with van der Waals surface area (Å²) in [4.78, 5) is 26.0. The van der Waals surface area contributed by atoms with Crippen molar-refractivity contribution in [1.29, 1.82) is 0 Å². The molecule has 0 saturated heterocycles. The van der Waals surface area contributed by atoms with Crippen molar-refractivity contribution in [1.82, 2.24) is 5.32 Å². The molecule has 184 valence electrons. The third-order valence-corrected chi connectivity index (χ3v) is 6.25. The van der Waals surface area contributed by atoms with Gasteiger partial charge in [0.2, 0.25) is 12.7 Å². The fraction of sp³-hybridized carbons (Fsp3) is 0.214. The van der Waals surface area contributed by atoms with Crippen LogP contribution in [0.3, 0.4) is 0 Å². The van der Waals surface area contributed by atoms with Crippen molar-refractivity contribution < 1.29 is 28.5 Å². The van der Waals surface area contributed by atoms with Crippen LogP contribution in [0.2, 0.25) is 0 Å². The van der Waals surface area contributed by atoms with Crippen LogP contribution in [-0.4, -0.2) is 31.5 Å². The highest BCUT2D eigenvalue weighted by Gasteiger charge is 2.28. The molecular weight excluding hydrogens is 462 g/mol. The number of ether oxygens (including phenoxy) is 3. The molecule has 1 aliphatic rings. The molecule has 2 heterocycles. The van der Waals surface area contributed by atoms with E-state index in [4.69, 9.17) is 18.6 Å². The summed E-state index contributed by atoms with van der Waals surface area (Å²) >= 11 is 0. The van der Waals surface area contributed by atoms with Crippen molar-refractivity contribution >= 4 is 16.9 Å². The maximum Gasteiger partial charge on any atom is 0.343 e. The number of hydrogen-bond acceptors (Lipinski definition) is 7. The number of benzene rings is 3. The summed E-state index contributed by atoms with van der Waals surface area (Å²) < 4.78 is 21.6.